The van der Waals surface area contributed by atoms with Crippen molar-refractivity contribution in [3.05, 3.63) is 12.4 Å². The van der Waals surface area contributed by atoms with E-state index in [0.717, 1.165) is 0 Å². The zero-order chi connectivity index (χ0) is 14.8. The molecule has 0 radical (unpaired) electrons. The normalized spacial score (nSPS) is 25.5. The number of carbonyl (C=O) groups excluding carboxylic acids is 1. The Morgan fingerprint density at radius 3 is 3.05 bits per heavy atom. The fourth-order valence-corrected chi connectivity index (χ4v) is 2.59. The third kappa shape index (κ3) is 3.02. The minimum atomic E-state index is -2.96. The lowest BCUT2D eigenvalue weighted by molar-refractivity contribution is -0.137. The van der Waals surface area contributed by atoms with Crippen LogP contribution in [0.1, 0.15) is 6.42 Å². The van der Waals surface area contributed by atoms with Crippen LogP contribution in [-0.4, -0.2) is 54.3 Å². The van der Waals surface area contributed by atoms with Crippen molar-refractivity contribution in [2.45, 2.75) is 25.2 Å². The van der Waals surface area contributed by atoms with Crippen LogP contribution < -0.4 is 15.0 Å². The fraction of sp³-hybridized carbons (Fsp3) is 0.583. The Bertz CT molecular complexity index is 531. The maximum Gasteiger partial charge on any atom is 0.388 e. The molecule has 7 nitrogen and oxygen atoms in total. The second-order valence-electron chi connectivity index (χ2n) is 4.82. The van der Waals surface area contributed by atoms with Crippen LogP contribution in [0.5, 0.6) is 5.88 Å². The fourth-order valence-electron chi connectivity index (χ4n) is 2.59. The SMILES string of the molecule is O=C1CO[C@H]2CCN(c3nccnc3OC(F)F)C[C@@H]2N1. The van der Waals surface area contributed by atoms with E-state index in [4.69, 9.17) is 4.74 Å². The van der Waals surface area contributed by atoms with Gasteiger partial charge in [-0.25, -0.2) is 9.97 Å². The van der Waals surface area contributed by atoms with Gasteiger partial charge in [0.2, 0.25) is 5.91 Å². The summed E-state index contributed by atoms with van der Waals surface area (Å²) in [5.74, 6) is -0.147. The summed E-state index contributed by atoms with van der Waals surface area (Å²) in [5.41, 5.74) is 0. The van der Waals surface area contributed by atoms with Crippen molar-refractivity contribution >= 4 is 11.7 Å². The van der Waals surface area contributed by atoms with Gasteiger partial charge >= 0.3 is 6.61 Å². The Kier molecular flexibility index (Phi) is 3.82. The number of nitrogens with zero attached hydrogens (tertiary/aromatic N) is 3. The third-order valence-electron chi connectivity index (χ3n) is 3.47. The molecule has 2 aliphatic heterocycles. The molecule has 1 aromatic rings. The summed E-state index contributed by atoms with van der Waals surface area (Å²) in [6, 6.07) is -0.193. The molecular formula is C12H14F2N4O3. The number of morpholine rings is 1. The lowest BCUT2D eigenvalue weighted by Crippen LogP contribution is -2.60. The van der Waals surface area contributed by atoms with Crippen LogP contribution in [0, 0.1) is 0 Å². The first-order chi connectivity index (χ1) is 10.1. The van der Waals surface area contributed by atoms with E-state index < -0.39 is 6.61 Å². The highest BCUT2D eigenvalue weighted by Gasteiger charge is 2.36. The van der Waals surface area contributed by atoms with Crippen molar-refractivity contribution in [1.29, 1.82) is 0 Å². The molecule has 21 heavy (non-hydrogen) atoms. The number of fused-ring (bicyclic) bond motifs is 1. The largest absolute Gasteiger partial charge is 0.413 e. The zero-order valence-electron chi connectivity index (χ0n) is 11.0. The van der Waals surface area contributed by atoms with Crippen LogP contribution in [-0.2, 0) is 9.53 Å². The standard InChI is InChI=1S/C12H14F2N4O3/c13-12(14)21-11-10(15-2-3-16-11)18-4-1-8-7(5-18)17-9(19)6-20-8/h2-3,7-8,12H,1,4-6H2,(H,17,19)/t7-,8-/m0/s1. The van der Waals surface area contributed by atoms with Gasteiger partial charge in [-0.1, -0.05) is 0 Å². The Balaban J connectivity index is 1.77. The molecular weight excluding hydrogens is 286 g/mol. The molecule has 0 saturated carbocycles. The van der Waals surface area contributed by atoms with E-state index in [1.54, 1.807) is 4.90 Å². The minimum Gasteiger partial charge on any atom is -0.413 e. The Morgan fingerprint density at radius 1 is 1.43 bits per heavy atom. The summed E-state index contributed by atoms with van der Waals surface area (Å²) in [6.45, 7) is -1.92. The Hall–Kier alpha value is -2.03. The van der Waals surface area contributed by atoms with E-state index in [1.165, 1.54) is 12.4 Å². The maximum absolute atomic E-state index is 12.4. The van der Waals surface area contributed by atoms with Gasteiger partial charge in [0.05, 0.1) is 12.1 Å². The number of piperidine rings is 1. The van der Waals surface area contributed by atoms with E-state index in [1.807, 2.05) is 0 Å². The molecule has 2 fully saturated rings. The summed E-state index contributed by atoms with van der Waals surface area (Å²) in [5, 5.41) is 2.84. The van der Waals surface area contributed by atoms with Crippen LogP contribution >= 0.6 is 0 Å². The first kappa shape index (κ1) is 13.9. The number of nitrogens with one attached hydrogen (secondary N) is 1. The number of carbonyl (C=O) groups is 1. The smallest absolute Gasteiger partial charge is 0.388 e. The predicted molar refractivity (Wildman–Crippen MR) is 67.2 cm³/mol. The van der Waals surface area contributed by atoms with Crippen LogP contribution in [0.25, 0.3) is 0 Å². The molecule has 9 heteroatoms. The van der Waals surface area contributed by atoms with Gasteiger partial charge in [-0.15, -0.1) is 0 Å². The van der Waals surface area contributed by atoms with Gasteiger partial charge in [0.15, 0.2) is 5.82 Å². The van der Waals surface area contributed by atoms with Gasteiger partial charge in [-0.05, 0) is 6.42 Å². The van der Waals surface area contributed by atoms with E-state index in [2.05, 4.69) is 20.0 Å². The van der Waals surface area contributed by atoms with E-state index in [9.17, 15) is 13.6 Å². The first-order valence-corrected chi connectivity index (χ1v) is 6.55. The molecule has 0 unspecified atom stereocenters. The number of hydrogen-bond donors (Lipinski definition) is 1. The second kappa shape index (κ2) is 5.76. The predicted octanol–water partition coefficient (Wildman–Crippen LogP) is 0.172. The molecule has 1 N–H and O–H groups in total. The maximum atomic E-state index is 12.4. The molecule has 1 amide bonds. The highest BCUT2D eigenvalue weighted by Crippen LogP contribution is 2.28. The number of aromatic nitrogens is 2. The lowest BCUT2D eigenvalue weighted by Gasteiger charge is -2.41. The molecule has 0 bridgehead atoms. The molecule has 3 rings (SSSR count). The molecule has 1 aromatic heterocycles. The van der Waals surface area contributed by atoms with Gasteiger partial charge in [0, 0.05) is 25.5 Å². The minimum absolute atomic E-state index is 0.0601. The Morgan fingerprint density at radius 2 is 2.24 bits per heavy atom. The van der Waals surface area contributed by atoms with Crippen molar-refractivity contribution in [2.24, 2.45) is 0 Å². The lowest BCUT2D eigenvalue weighted by atomic mass is 10.0. The summed E-state index contributed by atoms with van der Waals surface area (Å²) in [4.78, 5) is 21.0. The van der Waals surface area contributed by atoms with Gasteiger partial charge < -0.3 is 19.7 Å². The van der Waals surface area contributed by atoms with E-state index >= 15 is 0 Å². The number of halogens is 2. The van der Waals surface area contributed by atoms with Gasteiger partial charge in [0.1, 0.15) is 6.61 Å². The zero-order valence-corrected chi connectivity index (χ0v) is 11.0. The van der Waals surface area contributed by atoms with Crippen molar-refractivity contribution in [3.8, 4) is 5.88 Å². The second-order valence-corrected chi connectivity index (χ2v) is 4.82. The summed E-state index contributed by atoms with van der Waals surface area (Å²) >= 11 is 0. The molecule has 2 atom stereocenters. The summed E-state index contributed by atoms with van der Waals surface area (Å²) in [6.07, 6.45) is 3.31. The first-order valence-electron chi connectivity index (χ1n) is 6.55. The molecule has 2 saturated heterocycles. The monoisotopic (exact) mass is 300 g/mol. The van der Waals surface area contributed by atoms with E-state index in [-0.39, 0.29) is 36.4 Å². The van der Waals surface area contributed by atoms with Crippen molar-refractivity contribution in [2.75, 3.05) is 24.6 Å². The molecule has 0 spiro atoms. The van der Waals surface area contributed by atoms with Crippen LogP contribution in [0.2, 0.25) is 0 Å². The number of ether oxygens (including phenoxy) is 2. The van der Waals surface area contributed by atoms with Crippen molar-refractivity contribution in [1.82, 2.24) is 15.3 Å². The molecule has 2 aliphatic rings. The van der Waals surface area contributed by atoms with Crippen molar-refractivity contribution < 1.29 is 23.0 Å². The number of amides is 1. The highest BCUT2D eigenvalue weighted by atomic mass is 19.3. The average Bonchev–Trinajstić information content (AvgIpc) is 2.46. The number of rotatable bonds is 3. The number of alkyl halides is 2. The van der Waals surface area contributed by atoms with Crippen LogP contribution in [0.3, 0.4) is 0 Å². The van der Waals surface area contributed by atoms with Gasteiger partial charge in [0.25, 0.3) is 5.88 Å². The number of anilines is 1. The quantitative estimate of drug-likeness (QED) is 0.857. The van der Waals surface area contributed by atoms with Crippen molar-refractivity contribution in [3.63, 3.8) is 0 Å². The van der Waals surface area contributed by atoms with Crippen LogP contribution in [0.15, 0.2) is 12.4 Å². The molecule has 3 heterocycles. The molecule has 0 aromatic carbocycles. The molecule has 0 aliphatic carbocycles. The average molecular weight is 300 g/mol. The van der Waals surface area contributed by atoms with Gasteiger partial charge in [-0.2, -0.15) is 8.78 Å². The van der Waals surface area contributed by atoms with Gasteiger partial charge in [-0.3, -0.25) is 4.79 Å². The Labute approximate surface area is 119 Å². The van der Waals surface area contributed by atoms with E-state index in [0.29, 0.717) is 19.5 Å². The van der Waals surface area contributed by atoms with Crippen LogP contribution in [0.4, 0.5) is 14.6 Å². The highest BCUT2D eigenvalue weighted by molar-refractivity contribution is 5.78. The topological polar surface area (TPSA) is 76.6 Å². The molecule has 114 valence electrons. The summed E-state index contributed by atoms with van der Waals surface area (Å²) < 4.78 is 34.6. The summed E-state index contributed by atoms with van der Waals surface area (Å²) in [7, 11) is 0. The number of hydrogen-bond acceptors (Lipinski definition) is 6. The third-order valence-corrected chi connectivity index (χ3v) is 3.47.